The number of rotatable bonds is 5. The molecule has 0 radical (unpaired) electrons. The minimum Gasteiger partial charge on any atom is -0.497 e. The highest BCUT2D eigenvalue weighted by Crippen LogP contribution is 2.18. The molecule has 30 heavy (non-hydrogen) atoms. The molecule has 164 valence electrons. The molecule has 1 aromatic carbocycles. The molecule has 0 spiro atoms. The van der Waals surface area contributed by atoms with E-state index in [1.54, 1.807) is 19.1 Å². The molecule has 2 heterocycles. The predicted molar refractivity (Wildman–Crippen MR) is 124 cm³/mol. The van der Waals surface area contributed by atoms with Crippen molar-refractivity contribution in [3.05, 3.63) is 30.1 Å². The molecule has 0 saturated carbocycles. The third kappa shape index (κ3) is 5.97. The van der Waals surface area contributed by atoms with Gasteiger partial charge in [0.2, 0.25) is 0 Å². The standard InChI is InChI=1S/C19H27N7O3.HI/c1-4-29-19(27)26-11-9-25(10-12-26)18(20-2)21-13-16-22-17(24-23-16)14-5-7-15(28-3)8-6-14;/h5-8H,4,9-13H2,1-3H3,(H,20,21)(H,22,23,24);1H. The summed E-state index contributed by atoms with van der Waals surface area (Å²) >= 11 is 0. The maximum absolute atomic E-state index is 11.8. The van der Waals surface area contributed by atoms with E-state index >= 15 is 0 Å². The van der Waals surface area contributed by atoms with Gasteiger partial charge in [0.05, 0.1) is 20.3 Å². The lowest BCUT2D eigenvalue weighted by Gasteiger charge is -2.35. The SMILES string of the molecule is CCOC(=O)N1CCN(C(=NC)NCc2nc(-c3ccc(OC)cc3)n[nH]2)CC1.I. The zero-order chi connectivity index (χ0) is 20.6. The van der Waals surface area contributed by atoms with E-state index in [9.17, 15) is 4.79 Å². The third-order valence-corrected chi connectivity index (χ3v) is 4.61. The van der Waals surface area contributed by atoms with Crippen molar-refractivity contribution >= 4 is 36.0 Å². The van der Waals surface area contributed by atoms with E-state index in [4.69, 9.17) is 9.47 Å². The first-order chi connectivity index (χ1) is 14.1. The highest BCUT2D eigenvalue weighted by atomic mass is 127. The van der Waals surface area contributed by atoms with Gasteiger partial charge < -0.3 is 24.6 Å². The van der Waals surface area contributed by atoms with Crippen LogP contribution in [0.1, 0.15) is 12.7 Å². The van der Waals surface area contributed by atoms with Crippen LogP contribution >= 0.6 is 24.0 Å². The summed E-state index contributed by atoms with van der Waals surface area (Å²) in [6.45, 7) is 5.24. The molecule has 1 saturated heterocycles. The molecule has 3 rings (SSSR count). The van der Waals surface area contributed by atoms with E-state index in [1.165, 1.54) is 0 Å². The molecule has 1 amide bonds. The maximum Gasteiger partial charge on any atom is 0.409 e. The van der Waals surface area contributed by atoms with Gasteiger partial charge in [0.25, 0.3) is 0 Å². The van der Waals surface area contributed by atoms with Crippen molar-refractivity contribution in [3.8, 4) is 17.1 Å². The maximum atomic E-state index is 11.8. The number of amides is 1. The lowest BCUT2D eigenvalue weighted by Crippen LogP contribution is -2.53. The molecular formula is C19H28IN7O3. The lowest BCUT2D eigenvalue weighted by molar-refractivity contribution is 0.0914. The number of piperazine rings is 1. The first-order valence-electron chi connectivity index (χ1n) is 9.57. The number of halogens is 1. The fourth-order valence-electron chi connectivity index (χ4n) is 3.05. The summed E-state index contributed by atoms with van der Waals surface area (Å²) in [4.78, 5) is 24.5. The number of carbonyl (C=O) groups is 1. The van der Waals surface area contributed by atoms with Gasteiger partial charge in [0, 0.05) is 38.8 Å². The molecule has 1 aliphatic heterocycles. The topological polar surface area (TPSA) is 108 Å². The number of aromatic amines is 1. The number of methoxy groups -OCH3 is 1. The molecule has 11 heteroatoms. The average Bonchev–Trinajstić information content (AvgIpc) is 3.24. The minimum atomic E-state index is -0.261. The number of benzene rings is 1. The fraction of sp³-hybridized carbons (Fsp3) is 0.474. The van der Waals surface area contributed by atoms with Gasteiger partial charge in [0.15, 0.2) is 11.8 Å². The Kier molecular flexibility index (Phi) is 9.15. The number of nitrogens with one attached hydrogen (secondary N) is 2. The van der Waals surface area contributed by atoms with Gasteiger partial charge in [-0.05, 0) is 31.2 Å². The fourth-order valence-corrected chi connectivity index (χ4v) is 3.05. The Bertz CT molecular complexity index is 833. The van der Waals surface area contributed by atoms with Crippen LogP contribution in [0.15, 0.2) is 29.3 Å². The number of hydrogen-bond acceptors (Lipinski definition) is 6. The van der Waals surface area contributed by atoms with E-state index in [0.717, 1.165) is 17.3 Å². The van der Waals surface area contributed by atoms with Crippen LogP contribution in [-0.2, 0) is 11.3 Å². The zero-order valence-corrected chi connectivity index (χ0v) is 19.8. The van der Waals surface area contributed by atoms with Crippen LogP contribution in [-0.4, -0.2) is 84.0 Å². The van der Waals surface area contributed by atoms with Gasteiger partial charge >= 0.3 is 6.09 Å². The van der Waals surface area contributed by atoms with Gasteiger partial charge in [0.1, 0.15) is 11.6 Å². The van der Waals surface area contributed by atoms with Crippen LogP contribution in [0.3, 0.4) is 0 Å². The van der Waals surface area contributed by atoms with E-state index < -0.39 is 0 Å². The molecule has 1 aliphatic rings. The van der Waals surface area contributed by atoms with Crippen molar-refractivity contribution in [2.75, 3.05) is 46.9 Å². The molecular weight excluding hydrogens is 501 g/mol. The second kappa shape index (κ2) is 11.6. The van der Waals surface area contributed by atoms with Gasteiger partial charge in [-0.1, -0.05) is 0 Å². The summed E-state index contributed by atoms with van der Waals surface area (Å²) in [5, 5.41) is 10.5. The molecule has 1 aromatic heterocycles. The van der Waals surface area contributed by atoms with Gasteiger partial charge in [-0.15, -0.1) is 24.0 Å². The molecule has 0 atom stereocenters. The number of carbonyl (C=O) groups excluding carboxylic acids is 1. The molecule has 2 aromatic rings. The Morgan fingerprint density at radius 3 is 2.47 bits per heavy atom. The number of nitrogens with zero attached hydrogens (tertiary/aromatic N) is 5. The summed E-state index contributed by atoms with van der Waals surface area (Å²) in [5.74, 6) is 2.89. The first-order valence-corrected chi connectivity index (χ1v) is 9.57. The molecule has 0 unspecified atom stereocenters. The first kappa shape index (κ1) is 23.7. The van der Waals surface area contributed by atoms with Crippen molar-refractivity contribution in [2.45, 2.75) is 13.5 Å². The Hall–Kier alpha value is -2.57. The molecule has 1 fully saturated rings. The average molecular weight is 529 g/mol. The molecule has 0 bridgehead atoms. The van der Waals surface area contributed by atoms with Crippen LogP contribution in [0.4, 0.5) is 4.79 Å². The van der Waals surface area contributed by atoms with E-state index in [2.05, 4.69) is 30.4 Å². The largest absolute Gasteiger partial charge is 0.497 e. The monoisotopic (exact) mass is 529 g/mol. The number of aromatic nitrogens is 3. The Balaban J connectivity index is 0.00000320. The smallest absolute Gasteiger partial charge is 0.409 e. The normalized spacial score (nSPS) is 14.2. The number of hydrogen-bond donors (Lipinski definition) is 2. The summed E-state index contributed by atoms with van der Waals surface area (Å²) in [6, 6.07) is 7.59. The van der Waals surface area contributed by atoms with Gasteiger partial charge in [-0.2, -0.15) is 5.10 Å². The number of aliphatic imine (C=N–C) groups is 1. The number of ether oxygens (including phenoxy) is 2. The van der Waals surface area contributed by atoms with Crippen LogP contribution in [0.5, 0.6) is 5.75 Å². The second-order valence-corrected chi connectivity index (χ2v) is 6.41. The number of H-pyrrole nitrogens is 1. The van der Waals surface area contributed by atoms with Crippen molar-refractivity contribution < 1.29 is 14.3 Å². The van der Waals surface area contributed by atoms with E-state index in [0.29, 0.717) is 51.0 Å². The molecule has 10 nitrogen and oxygen atoms in total. The third-order valence-electron chi connectivity index (χ3n) is 4.61. The molecule has 2 N–H and O–H groups in total. The minimum absolute atomic E-state index is 0. The zero-order valence-electron chi connectivity index (χ0n) is 17.4. The van der Waals surface area contributed by atoms with Crippen molar-refractivity contribution in [2.24, 2.45) is 4.99 Å². The summed E-state index contributed by atoms with van der Waals surface area (Å²) in [5.41, 5.74) is 0.910. The quantitative estimate of drug-likeness (QED) is 0.347. The highest BCUT2D eigenvalue weighted by Gasteiger charge is 2.23. The lowest BCUT2D eigenvalue weighted by atomic mass is 10.2. The van der Waals surface area contributed by atoms with Crippen molar-refractivity contribution in [1.29, 1.82) is 0 Å². The summed E-state index contributed by atoms with van der Waals surface area (Å²) < 4.78 is 10.2. The Morgan fingerprint density at radius 2 is 1.87 bits per heavy atom. The molecule has 0 aliphatic carbocycles. The predicted octanol–water partition coefficient (Wildman–Crippen LogP) is 1.95. The van der Waals surface area contributed by atoms with E-state index in [1.807, 2.05) is 31.2 Å². The van der Waals surface area contributed by atoms with Gasteiger partial charge in [-0.25, -0.2) is 9.78 Å². The van der Waals surface area contributed by atoms with Crippen LogP contribution < -0.4 is 10.1 Å². The highest BCUT2D eigenvalue weighted by molar-refractivity contribution is 14.0. The Labute approximate surface area is 193 Å². The summed E-state index contributed by atoms with van der Waals surface area (Å²) in [7, 11) is 3.37. The number of guanidine groups is 1. The van der Waals surface area contributed by atoms with Gasteiger partial charge in [-0.3, -0.25) is 10.1 Å². The van der Waals surface area contributed by atoms with Crippen LogP contribution in [0.2, 0.25) is 0 Å². The van der Waals surface area contributed by atoms with Crippen molar-refractivity contribution in [1.82, 2.24) is 30.3 Å². The second-order valence-electron chi connectivity index (χ2n) is 6.41. The van der Waals surface area contributed by atoms with Crippen molar-refractivity contribution in [3.63, 3.8) is 0 Å². The van der Waals surface area contributed by atoms with Crippen LogP contribution in [0.25, 0.3) is 11.4 Å². The van der Waals surface area contributed by atoms with E-state index in [-0.39, 0.29) is 30.1 Å². The Morgan fingerprint density at radius 1 is 1.20 bits per heavy atom. The van der Waals surface area contributed by atoms with Crippen LogP contribution in [0, 0.1) is 0 Å². The summed E-state index contributed by atoms with van der Waals surface area (Å²) in [6.07, 6.45) is -0.261.